The smallest absolute Gasteiger partial charge is 0.226 e. The first-order valence-corrected chi connectivity index (χ1v) is 7.32. The highest BCUT2D eigenvalue weighted by atomic mass is 16.3. The molecule has 0 aromatic rings. The van der Waals surface area contributed by atoms with Crippen LogP contribution in [0.4, 0.5) is 0 Å². The maximum atomic E-state index is 12.0. The third kappa shape index (κ3) is 6.82. The van der Waals surface area contributed by atoms with Crippen LogP contribution in [0.5, 0.6) is 0 Å². The summed E-state index contributed by atoms with van der Waals surface area (Å²) in [6, 6.07) is 0. The molecule has 0 unspecified atom stereocenters. The molecule has 21 heavy (non-hydrogen) atoms. The summed E-state index contributed by atoms with van der Waals surface area (Å²) in [7, 11) is 0. The molecule has 1 aliphatic rings. The van der Waals surface area contributed by atoms with Gasteiger partial charge in [0, 0.05) is 25.2 Å². The first-order chi connectivity index (χ1) is 9.56. The number of carbonyl (C=O) groups excluding carboxylic acids is 3. The maximum Gasteiger partial charge on any atom is 0.226 e. The molecule has 1 saturated heterocycles. The molecule has 0 aromatic heterocycles. The van der Waals surface area contributed by atoms with Crippen LogP contribution in [0, 0.1) is 11.8 Å². The molecule has 1 aliphatic heterocycles. The summed E-state index contributed by atoms with van der Waals surface area (Å²) in [5, 5.41) is 21.9. The lowest BCUT2D eigenvalue weighted by Gasteiger charge is -2.24. The minimum absolute atomic E-state index is 0.0104. The van der Waals surface area contributed by atoms with E-state index < -0.39 is 11.7 Å². The average molecular weight is 299 g/mol. The van der Waals surface area contributed by atoms with E-state index in [9.17, 15) is 24.6 Å². The highest BCUT2D eigenvalue weighted by molar-refractivity contribution is 5.97. The summed E-state index contributed by atoms with van der Waals surface area (Å²) >= 11 is 0. The van der Waals surface area contributed by atoms with Crippen molar-refractivity contribution in [1.82, 2.24) is 5.32 Å². The van der Waals surface area contributed by atoms with Crippen LogP contribution in [0.2, 0.25) is 0 Å². The van der Waals surface area contributed by atoms with Crippen molar-refractivity contribution in [1.29, 1.82) is 0 Å². The van der Waals surface area contributed by atoms with Gasteiger partial charge in [0.2, 0.25) is 11.8 Å². The Kier molecular flexibility index (Phi) is 6.04. The van der Waals surface area contributed by atoms with Gasteiger partial charge in [-0.15, -0.1) is 0 Å². The molecule has 6 heteroatoms. The number of aliphatic hydroxyl groups excluding tert-OH is 1. The van der Waals surface area contributed by atoms with Crippen molar-refractivity contribution in [3.63, 3.8) is 0 Å². The molecular formula is C15H25NO5. The van der Waals surface area contributed by atoms with Gasteiger partial charge in [-0.3, -0.25) is 19.7 Å². The van der Waals surface area contributed by atoms with Crippen LogP contribution in [0.1, 0.15) is 52.9 Å². The van der Waals surface area contributed by atoms with Crippen molar-refractivity contribution in [3.8, 4) is 0 Å². The highest BCUT2D eigenvalue weighted by Gasteiger charge is 2.29. The number of imide groups is 1. The van der Waals surface area contributed by atoms with Crippen LogP contribution >= 0.6 is 0 Å². The van der Waals surface area contributed by atoms with Crippen LogP contribution in [-0.2, 0) is 14.4 Å². The molecule has 2 atom stereocenters. The molecule has 1 fully saturated rings. The number of ketones is 1. The topological polar surface area (TPSA) is 104 Å². The van der Waals surface area contributed by atoms with Gasteiger partial charge in [-0.05, 0) is 32.6 Å². The molecule has 0 aliphatic carbocycles. The second-order valence-electron chi connectivity index (χ2n) is 6.72. The largest absolute Gasteiger partial charge is 0.393 e. The summed E-state index contributed by atoms with van der Waals surface area (Å²) in [5.41, 5.74) is -0.923. The molecule has 2 amide bonds. The van der Waals surface area contributed by atoms with E-state index in [-0.39, 0.29) is 55.1 Å². The molecule has 1 rings (SSSR count). The molecule has 0 aromatic carbocycles. The number of carbonyl (C=O) groups is 3. The summed E-state index contributed by atoms with van der Waals surface area (Å²) < 4.78 is 0. The quantitative estimate of drug-likeness (QED) is 0.595. The zero-order chi connectivity index (χ0) is 16.2. The Morgan fingerprint density at radius 2 is 1.86 bits per heavy atom. The third-order valence-corrected chi connectivity index (χ3v) is 3.62. The molecule has 3 N–H and O–H groups in total. The lowest BCUT2D eigenvalue weighted by molar-refractivity contribution is -0.135. The zero-order valence-electron chi connectivity index (χ0n) is 12.9. The van der Waals surface area contributed by atoms with Crippen molar-refractivity contribution < 1.29 is 24.6 Å². The van der Waals surface area contributed by atoms with Gasteiger partial charge >= 0.3 is 0 Å². The van der Waals surface area contributed by atoms with E-state index in [0.717, 1.165) is 0 Å². The summed E-state index contributed by atoms with van der Waals surface area (Å²) in [4.78, 5) is 34.5. The maximum absolute atomic E-state index is 12.0. The van der Waals surface area contributed by atoms with Gasteiger partial charge in [0.05, 0.1) is 11.7 Å². The van der Waals surface area contributed by atoms with E-state index in [1.165, 1.54) is 0 Å². The number of Topliss-reactive ketones (excluding diaryl/α,β-unsaturated/α-hetero) is 1. The van der Waals surface area contributed by atoms with Gasteiger partial charge in [0.1, 0.15) is 5.78 Å². The number of aliphatic hydroxyl groups is 2. The number of hydrogen-bond acceptors (Lipinski definition) is 5. The number of hydrogen-bond donors (Lipinski definition) is 3. The number of amides is 2. The normalized spacial score (nSPS) is 20.0. The van der Waals surface area contributed by atoms with E-state index in [2.05, 4.69) is 5.32 Å². The molecule has 0 saturated carbocycles. The summed E-state index contributed by atoms with van der Waals surface area (Å²) in [6.45, 7) is 5.00. The fraction of sp³-hybridized carbons (Fsp3) is 0.800. The van der Waals surface area contributed by atoms with Crippen molar-refractivity contribution in [2.45, 2.75) is 64.6 Å². The Labute approximate surface area is 124 Å². The van der Waals surface area contributed by atoms with Crippen molar-refractivity contribution in [2.75, 3.05) is 0 Å². The fourth-order valence-electron chi connectivity index (χ4n) is 2.79. The van der Waals surface area contributed by atoms with Crippen LogP contribution in [0.25, 0.3) is 0 Å². The van der Waals surface area contributed by atoms with Crippen molar-refractivity contribution in [2.24, 2.45) is 11.8 Å². The van der Waals surface area contributed by atoms with Crippen molar-refractivity contribution in [3.05, 3.63) is 0 Å². The molecule has 0 bridgehead atoms. The second kappa shape index (κ2) is 7.13. The molecule has 1 heterocycles. The molecule has 120 valence electrons. The standard InChI is InChI=1S/C15H25NO5/c1-9(8-15(2,3)21)12(18)7-11(17)4-10-5-13(19)16-14(20)6-10/h9-11,17,21H,4-8H2,1-3H3,(H,16,19,20)/t9-,11+/m0/s1. The van der Waals surface area contributed by atoms with Gasteiger partial charge in [-0.2, -0.15) is 0 Å². The fourth-order valence-corrected chi connectivity index (χ4v) is 2.79. The Morgan fingerprint density at radius 1 is 1.33 bits per heavy atom. The molecule has 0 radical (unpaired) electrons. The Balaban J connectivity index is 2.42. The number of piperidine rings is 1. The predicted molar refractivity (Wildman–Crippen MR) is 76.2 cm³/mol. The van der Waals surface area contributed by atoms with E-state index in [0.29, 0.717) is 6.42 Å². The van der Waals surface area contributed by atoms with Gasteiger partial charge < -0.3 is 10.2 Å². The monoisotopic (exact) mass is 299 g/mol. The lowest BCUT2D eigenvalue weighted by atomic mass is 9.86. The van der Waals surface area contributed by atoms with E-state index in [1.54, 1.807) is 20.8 Å². The molecular weight excluding hydrogens is 274 g/mol. The molecule has 0 spiro atoms. The van der Waals surface area contributed by atoms with Crippen molar-refractivity contribution >= 4 is 17.6 Å². The Bertz CT molecular complexity index is 397. The Morgan fingerprint density at radius 3 is 2.33 bits per heavy atom. The predicted octanol–water partition coefficient (Wildman–Crippen LogP) is 0.546. The van der Waals surface area contributed by atoms with E-state index >= 15 is 0 Å². The van der Waals surface area contributed by atoms with Crippen LogP contribution in [0.3, 0.4) is 0 Å². The Hall–Kier alpha value is -1.27. The first kappa shape index (κ1) is 17.8. The van der Waals surface area contributed by atoms with Crippen LogP contribution in [-0.4, -0.2) is 39.5 Å². The van der Waals surface area contributed by atoms with Crippen LogP contribution < -0.4 is 5.32 Å². The summed E-state index contributed by atoms with van der Waals surface area (Å²) in [6.07, 6.45) is 0.143. The van der Waals surface area contributed by atoms with E-state index in [1.807, 2.05) is 0 Å². The first-order valence-electron chi connectivity index (χ1n) is 7.32. The minimum atomic E-state index is -0.923. The SMILES string of the molecule is C[C@@H](CC(C)(C)O)C(=O)C[C@H](O)CC1CC(=O)NC(=O)C1. The second-order valence-corrected chi connectivity index (χ2v) is 6.72. The summed E-state index contributed by atoms with van der Waals surface area (Å²) in [5.74, 6) is -1.32. The molecule has 6 nitrogen and oxygen atoms in total. The zero-order valence-corrected chi connectivity index (χ0v) is 12.9. The highest BCUT2D eigenvalue weighted by Crippen LogP contribution is 2.23. The number of rotatable bonds is 7. The number of nitrogens with one attached hydrogen (secondary N) is 1. The lowest BCUT2D eigenvalue weighted by Crippen LogP contribution is -2.39. The van der Waals surface area contributed by atoms with Gasteiger partial charge in [0.15, 0.2) is 0 Å². The minimum Gasteiger partial charge on any atom is -0.393 e. The average Bonchev–Trinajstić information content (AvgIpc) is 2.24. The van der Waals surface area contributed by atoms with Gasteiger partial charge in [-0.25, -0.2) is 0 Å². The van der Waals surface area contributed by atoms with Crippen LogP contribution in [0.15, 0.2) is 0 Å². The van der Waals surface area contributed by atoms with E-state index in [4.69, 9.17) is 0 Å². The van der Waals surface area contributed by atoms with Gasteiger partial charge in [0.25, 0.3) is 0 Å². The third-order valence-electron chi connectivity index (χ3n) is 3.62. The van der Waals surface area contributed by atoms with Gasteiger partial charge in [-0.1, -0.05) is 6.92 Å².